The summed E-state index contributed by atoms with van der Waals surface area (Å²) in [5.41, 5.74) is 6.79. The van der Waals surface area contributed by atoms with Crippen LogP contribution in [0.25, 0.3) is 0 Å². The summed E-state index contributed by atoms with van der Waals surface area (Å²) >= 11 is 3.38. The van der Waals surface area contributed by atoms with Crippen LogP contribution in [0, 0.1) is 0 Å². The molecule has 2 heterocycles. The molecule has 1 fully saturated rings. The molecule has 1 aromatic rings. The van der Waals surface area contributed by atoms with Crippen molar-refractivity contribution in [2.45, 2.75) is 30.2 Å². The van der Waals surface area contributed by atoms with Crippen molar-refractivity contribution in [2.75, 3.05) is 19.7 Å². The Bertz CT molecular complexity index is 625. The lowest BCUT2D eigenvalue weighted by atomic mass is 10.1. The van der Waals surface area contributed by atoms with Gasteiger partial charge in [-0.3, -0.25) is 0 Å². The van der Waals surface area contributed by atoms with E-state index in [0.717, 1.165) is 16.5 Å². The molecule has 2 aliphatic rings. The van der Waals surface area contributed by atoms with Gasteiger partial charge in [-0.05, 0) is 25.0 Å². The minimum atomic E-state index is -3.51. The number of nitrogens with two attached hydrogens (primary N) is 1. The summed E-state index contributed by atoms with van der Waals surface area (Å²) < 4.78 is 33.4. The predicted molar refractivity (Wildman–Crippen MR) is 79.3 cm³/mol. The molecule has 0 saturated carbocycles. The molecule has 20 heavy (non-hydrogen) atoms. The fourth-order valence-corrected chi connectivity index (χ4v) is 5.01. The van der Waals surface area contributed by atoms with Crippen LogP contribution in [0.4, 0.5) is 0 Å². The highest BCUT2D eigenvalue weighted by Crippen LogP contribution is 2.37. The normalized spacial score (nSPS) is 20.7. The van der Waals surface area contributed by atoms with Crippen LogP contribution in [0.3, 0.4) is 0 Å². The van der Waals surface area contributed by atoms with Gasteiger partial charge in [0.1, 0.15) is 10.6 Å². The van der Waals surface area contributed by atoms with Crippen LogP contribution >= 0.6 is 15.9 Å². The predicted octanol–water partition coefficient (Wildman–Crippen LogP) is 1.50. The van der Waals surface area contributed by atoms with E-state index in [0.29, 0.717) is 38.3 Å². The Labute approximate surface area is 127 Å². The second kappa shape index (κ2) is 5.29. The molecule has 0 bridgehead atoms. The van der Waals surface area contributed by atoms with Crippen molar-refractivity contribution in [1.82, 2.24) is 4.31 Å². The highest BCUT2D eigenvalue weighted by atomic mass is 79.9. The average molecular weight is 361 g/mol. The minimum absolute atomic E-state index is 0.103. The number of ether oxygens (including phenoxy) is 1. The first-order valence-electron chi connectivity index (χ1n) is 6.69. The zero-order valence-corrected chi connectivity index (χ0v) is 13.4. The standard InChI is InChI=1S/C13H17BrN2O3S/c14-10-7-9-3-6-19-13(9)12(8-10)20(17,18)16-4-1-11(15)2-5-16/h7-8,11H,1-6,15H2. The first-order chi connectivity index (χ1) is 9.48. The number of sulfonamides is 1. The molecular weight excluding hydrogens is 344 g/mol. The van der Waals surface area contributed by atoms with Gasteiger partial charge in [-0.1, -0.05) is 15.9 Å². The fourth-order valence-electron chi connectivity index (χ4n) is 2.68. The van der Waals surface area contributed by atoms with Gasteiger partial charge in [0.15, 0.2) is 0 Å². The molecule has 0 spiro atoms. The zero-order chi connectivity index (χ0) is 14.3. The number of hydrogen-bond donors (Lipinski definition) is 1. The number of nitrogens with zero attached hydrogens (tertiary/aromatic N) is 1. The summed E-state index contributed by atoms with van der Waals surface area (Å²) in [4.78, 5) is 0.273. The number of benzene rings is 1. The molecule has 1 saturated heterocycles. The molecule has 0 radical (unpaired) electrons. The Kier molecular flexibility index (Phi) is 3.79. The van der Waals surface area contributed by atoms with Gasteiger partial charge in [0.2, 0.25) is 10.0 Å². The lowest BCUT2D eigenvalue weighted by Gasteiger charge is -2.29. The molecule has 5 nitrogen and oxygen atoms in total. The first-order valence-corrected chi connectivity index (χ1v) is 8.93. The maximum atomic E-state index is 12.8. The molecule has 0 atom stereocenters. The molecule has 3 rings (SSSR count). The largest absolute Gasteiger partial charge is 0.492 e. The van der Waals surface area contributed by atoms with Gasteiger partial charge in [-0.25, -0.2) is 8.42 Å². The molecule has 0 aliphatic carbocycles. The molecule has 7 heteroatoms. The summed E-state index contributed by atoms with van der Waals surface area (Å²) in [6.45, 7) is 1.49. The van der Waals surface area contributed by atoms with Crippen LogP contribution in [-0.2, 0) is 16.4 Å². The van der Waals surface area contributed by atoms with Gasteiger partial charge in [-0.15, -0.1) is 0 Å². The molecule has 0 aromatic heterocycles. The van der Waals surface area contributed by atoms with E-state index < -0.39 is 10.0 Å². The molecular formula is C13H17BrN2O3S. The topological polar surface area (TPSA) is 72.6 Å². The Hall–Kier alpha value is -0.630. The van der Waals surface area contributed by atoms with Crippen LogP contribution in [-0.4, -0.2) is 38.5 Å². The van der Waals surface area contributed by atoms with Crippen LogP contribution in [0.5, 0.6) is 5.75 Å². The average Bonchev–Trinajstić information content (AvgIpc) is 2.86. The number of fused-ring (bicyclic) bond motifs is 1. The number of hydrogen-bond acceptors (Lipinski definition) is 4. The second-order valence-corrected chi connectivity index (χ2v) is 8.05. The molecule has 0 amide bonds. The summed E-state index contributed by atoms with van der Waals surface area (Å²) in [5, 5.41) is 0. The van der Waals surface area contributed by atoms with E-state index in [9.17, 15) is 8.42 Å². The fraction of sp³-hybridized carbons (Fsp3) is 0.538. The van der Waals surface area contributed by atoms with Crippen molar-refractivity contribution in [2.24, 2.45) is 5.73 Å². The van der Waals surface area contributed by atoms with Gasteiger partial charge in [-0.2, -0.15) is 4.31 Å². The number of rotatable bonds is 2. The summed E-state index contributed by atoms with van der Waals surface area (Å²) in [5.74, 6) is 0.517. The minimum Gasteiger partial charge on any atom is -0.492 e. The van der Waals surface area contributed by atoms with Gasteiger partial charge >= 0.3 is 0 Å². The van der Waals surface area contributed by atoms with Gasteiger partial charge in [0.05, 0.1) is 6.61 Å². The monoisotopic (exact) mass is 360 g/mol. The van der Waals surface area contributed by atoms with Crippen LogP contribution in [0.15, 0.2) is 21.5 Å². The third-order valence-corrected chi connectivity index (χ3v) is 6.19. The van der Waals surface area contributed by atoms with Gasteiger partial charge < -0.3 is 10.5 Å². The number of halogens is 1. The van der Waals surface area contributed by atoms with Crippen molar-refractivity contribution in [1.29, 1.82) is 0 Å². The molecule has 110 valence electrons. The van der Waals surface area contributed by atoms with E-state index in [2.05, 4.69) is 15.9 Å². The van der Waals surface area contributed by atoms with Gasteiger partial charge in [0, 0.05) is 35.6 Å². The summed E-state index contributed by atoms with van der Waals surface area (Å²) in [6, 6.07) is 3.66. The highest BCUT2D eigenvalue weighted by Gasteiger charge is 2.33. The Balaban J connectivity index is 2.00. The molecule has 2 N–H and O–H groups in total. The Morgan fingerprint density at radius 1 is 1.30 bits per heavy atom. The van der Waals surface area contributed by atoms with Crippen molar-refractivity contribution < 1.29 is 13.2 Å². The Morgan fingerprint density at radius 3 is 2.70 bits per heavy atom. The molecule has 1 aromatic carbocycles. The van der Waals surface area contributed by atoms with Crippen LogP contribution in [0.1, 0.15) is 18.4 Å². The van der Waals surface area contributed by atoms with E-state index in [-0.39, 0.29) is 10.9 Å². The zero-order valence-electron chi connectivity index (χ0n) is 11.0. The quantitative estimate of drug-likeness (QED) is 0.867. The summed E-state index contributed by atoms with van der Waals surface area (Å²) in [7, 11) is -3.51. The SMILES string of the molecule is NC1CCN(S(=O)(=O)c2cc(Br)cc3c2OCC3)CC1. The maximum absolute atomic E-state index is 12.8. The third kappa shape index (κ3) is 2.47. The van der Waals surface area contributed by atoms with E-state index >= 15 is 0 Å². The van der Waals surface area contributed by atoms with E-state index in [1.807, 2.05) is 6.07 Å². The van der Waals surface area contributed by atoms with Crippen LogP contribution in [0.2, 0.25) is 0 Å². The van der Waals surface area contributed by atoms with E-state index in [1.165, 1.54) is 4.31 Å². The lowest BCUT2D eigenvalue weighted by molar-refractivity contribution is 0.315. The van der Waals surface area contributed by atoms with Crippen molar-refractivity contribution in [3.8, 4) is 5.75 Å². The summed E-state index contributed by atoms with van der Waals surface area (Å²) in [6.07, 6.45) is 2.16. The smallest absolute Gasteiger partial charge is 0.246 e. The third-order valence-electron chi connectivity index (χ3n) is 3.83. The molecule has 2 aliphatic heterocycles. The van der Waals surface area contributed by atoms with E-state index in [4.69, 9.17) is 10.5 Å². The highest BCUT2D eigenvalue weighted by molar-refractivity contribution is 9.10. The van der Waals surface area contributed by atoms with Gasteiger partial charge in [0.25, 0.3) is 0 Å². The van der Waals surface area contributed by atoms with Crippen molar-refractivity contribution in [3.05, 3.63) is 22.2 Å². The van der Waals surface area contributed by atoms with Crippen LogP contribution < -0.4 is 10.5 Å². The van der Waals surface area contributed by atoms with E-state index in [1.54, 1.807) is 6.07 Å². The Morgan fingerprint density at radius 2 is 2.00 bits per heavy atom. The number of piperidine rings is 1. The van der Waals surface area contributed by atoms with Crippen molar-refractivity contribution in [3.63, 3.8) is 0 Å². The second-order valence-electron chi connectivity index (χ2n) is 5.23. The maximum Gasteiger partial charge on any atom is 0.246 e. The lowest BCUT2D eigenvalue weighted by Crippen LogP contribution is -2.42. The van der Waals surface area contributed by atoms with Crippen molar-refractivity contribution >= 4 is 26.0 Å². The first kappa shape index (κ1) is 14.3. The molecule has 0 unspecified atom stereocenters.